The van der Waals surface area contributed by atoms with Gasteiger partial charge in [-0.3, -0.25) is 14.2 Å². The summed E-state index contributed by atoms with van der Waals surface area (Å²) >= 11 is 1.66. The van der Waals surface area contributed by atoms with Gasteiger partial charge in [0.2, 0.25) is 5.95 Å². The predicted octanol–water partition coefficient (Wildman–Crippen LogP) is 4.86. The van der Waals surface area contributed by atoms with Crippen molar-refractivity contribution in [3.8, 4) is 0 Å². The maximum absolute atomic E-state index is 13.3. The van der Waals surface area contributed by atoms with Crippen molar-refractivity contribution in [3.63, 3.8) is 0 Å². The molecule has 0 aliphatic heterocycles. The van der Waals surface area contributed by atoms with E-state index in [-0.39, 0.29) is 17.4 Å². The van der Waals surface area contributed by atoms with Gasteiger partial charge in [0.05, 0.1) is 5.39 Å². The number of hydrogen-bond donors (Lipinski definition) is 1. The van der Waals surface area contributed by atoms with Crippen LogP contribution >= 0.6 is 11.3 Å². The van der Waals surface area contributed by atoms with Crippen LogP contribution in [0.5, 0.6) is 0 Å². The lowest BCUT2D eigenvalue weighted by atomic mass is 9.97. The zero-order valence-corrected chi connectivity index (χ0v) is 16.7. The van der Waals surface area contributed by atoms with E-state index in [1.807, 2.05) is 26.0 Å². The predicted molar refractivity (Wildman–Crippen MR) is 111 cm³/mol. The van der Waals surface area contributed by atoms with Crippen molar-refractivity contribution in [2.75, 3.05) is 5.32 Å². The number of nitrogens with one attached hydrogen (secondary N) is 1. The van der Waals surface area contributed by atoms with Crippen molar-refractivity contribution >= 4 is 39.0 Å². The molecule has 0 radical (unpaired) electrons. The molecule has 6 heteroatoms. The van der Waals surface area contributed by atoms with E-state index in [0.717, 1.165) is 35.2 Å². The van der Waals surface area contributed by atoms with Crippen LogP contribution in [0, 0.1) is 0 Å². The number of thiophene rings is 1. The molecular formula is C21H23N3O2S. The maximum Gasteiger partial charge on any atom is 0.264 e. The van der Waals surface area contributed by atoms with E-state index in [4.69, 9.17) is 4.98 Å². The molecule has 140 valence electrons. The third-order valence-electron chi connectivity index (χ3n) is 5.08. The van der Waals surface area contributed by atoms with E-state index in [0.29, 0.717) is 11.5 Å². The number of rotatable bonds is 4. The number of anilines is 2. The Kier molecular flexibility index (Phi) is 4.60. The topological polar surface area (TPSA) is 64.0 Å². The average molecular weight is 382 g/mol. The molecule has 0 amide bonds. The number of benzene rings is 1. The van der Waals surface area contributed by atoms with Crippen LogP contribution in [0.1, 0.15) is 60.5 Å². The first-order valence-electron chi connectivity index (χ1n) is 9.40. The standard InChI is InChI=1S/C21H23N3O2S/c1-12(2)24-20(26)18-16-6-4-5-7-17(16)27-19(18)23-21(24)22-15-10-8-14(9-11-15)13(3)25/h8-12H,4-7H2,1-3H3,(H,22,23). The van der Waals surface area contributed by atoms with Crippen LogP contribution < -0.4 is 10.9 Å². The van der Waals surface area contributed by atoms with Crippen molar-refractivity contribution in [1.82, 2.24) is 9.55 Å². The van der Waals surface area contributed by atoms with Gasteiger partial charge in [-0.2, -0.15) is 0 Å². The Morgan fingerprint density at radius 2 is 1.89 bits per heavy atom. The normalized spacial score (nSPS) is 13.8. The lowest BCUT2D eigenvalue weighted by Crippen LogP contribution is -2.26. The summed E-state index contributed by atoms with van der Waals surface area (Å²) in [6, 6.07) is 7.25. The van der Waals surface area contributed by atoms with E-state index < -0.39 is 0 Å². The van der Waals surface area contributed by atoms with Crippen molar-refractivity contribution in [2.45, 2.75) is 52.5 Å². The minimum absolute atomic E-state index is 0.00691. The van der Waals surface area contributed by atoms with Crippen molar-refractivity contribution < 1.29 is 4.79 Å². The van der Waals surface area contributed by atoms with Crippen LogP contribution in [0.15, 0.2) is 29.1 Å². The quantitative estimate of drug-likeness (QED) is 0.655. The molecule has 1 aliphatic carbocycles. The highest BCUT2D eigenvalue weighted by atomic mass is 32.1. The Morgan fingerprint density at radius 1 is 1.19 bits per heavy atom. The zero-order valence-electron chi connectivity index (χ0n) is 15.8. The second kappa shape index (κ2) is 6.93. The highest BCUT2D eigenvalue weighted by molar-refractivity contribution is 7.18. The van der Waals surface area contributed by atoms with Gasteiger partial charge in [0, 0.05) is 22.2 Å². The largest absolute Gasteiger partial charge is 0.325 e. The molecule has 0 spiro atoms. The van der Waals surface area contributed by atoms with Crippen molar-refractivity contribution in [1.29, 1.82) is 0 Å². The number of hydrogen-bond acceptors (Lipinski definition) is 5. The molecule has 0 fully saturated rings. The number of fused-ring (bicyclic) bond motifs is 3. The van der Waals surface area contributed by atoms with Gasteiger partial charge in [0.15, 0.2) is 5.78 Å². The molecule has 3 aromatic rings. The average Bonchev–Trinajstić information content (AvgIpc) is 3.00. The number of carbonyl (C=O) groups excluding carboxylic acids is 1. The van der Waals surface area contributed by atoms with Crippen LogP contribution in [-0.4, -0.2) is 15.3 Å². The first kappa shape index (κ1) is 17.9. The minimum Gasteiger partial charge on any atom is -0.325 e. The number of aryl methyl sites for hydroxylation is 2. The second-order valence-corrected chi connectivity index (χ2v) is 8.44. The van der Waals surface area contributed by atoms with E-state index in [1.165, 1.54) is 16.9 Å². The van der Waals surface area contributed by atoms with Gasteiger partial charge >= 0.3 is 0 Å². The summed E-state index contributed by atoms with van der Waals surface area (Å²) < 4.78 is 1.74. The van der Waals surface area contributed by atoms with Crippen LogP contribution in [-0.2, 0) is 12.8 Å². The summed E-state index contributed by atoms with van der Waals surface area (Å²) in [6.07, 6.45) is 4.35. The highest BCUT2D eigenvalue weighted by Gasteiger charge is 2.23. The summed E-state index contributed by atoms with van der Waals surface area (Å²) in [4.78, 5) is 31.7. The Bertz CT molecular complexity index is 1080. The van der Waals surface area contributed by atoms with Gasteiger partial charge in [0.25, 0.3) is 5.56 Å². The number of aromatic nitrogens is 2. The number of ketones is 1. The smallest absolute Gasteiger partial charge is 0.264 e. The SMILES string of the molecule is CC(=O)c1ccc(Nc2nc3sc4c(c3c(=O)n2C(C)C)CCCC4)cc1. The van der Waals surface area contributed by atoms with Gasteiger partial charge in [-0.25, -0.2) is 4.98 Å². The molecule has 2 heterocycles. The Hall–Kier alpha value is -2.47. The maximum atomic E-state index is 13.3. The molecule has 0 bridgehead atoms. The lowest BCUT2D eigenvalue weighted by molar-refractivity contribution is 0.101. The highest BCUT2D eigenvalue weighted by Crippen LogP contribution is 2.35. The van der Waals surface area contributed by atoms with Gasteiger partial charge in [-0.05, 0) is 76.3 Å². The summed E-state index contributed by atoms with van der Waals surface area (Å²) in [5.74, 6) is 0.584. The van der Waals surface area contributed by atoms with Gasteiger partial charge in [-0.15, -0.1) is 11.3 Å². The van der Waals surface area contributed by atoms with Crippen LogP contribution in [0.2, 0.25) is 0 Å². The molecule has 1 aromatic carbocycles. The molecule has 1 aliphatic rings. The summed E-state index contributed by atoms with van der Waals surface area (Å²) in [5, 5.41) is 4.09. The molecule has 1 N–H and O–H groups in total. The van der Waals surface area contributed by atoms with Crippen molar-refractivity contribution in [2.24, 2.45) is 0 Å². The molecule has 4 rings (SSSR count). The zero-order chi connectivity index (χ0) is 19.1. The fourth-order valence-corrected chi connectivity index (χ4v) is 4.95. The van der Waals surface area contributed by atoms with Gasteiger partial charge < -0.3 is 5.32 Å². The Balaban J connectivity index is 1.83. The fraction of sp³-hybridized carbons (Fsp3) is 0.381. The van der Waals surface area contributed by atoms with E-state index in [9.17, 15) is 9.59 Å². The lowest BCUT2D eigenvalue weighted by Gasteiger charge is -2.17. The van der Waals surface area contributed by atoms with E-state index >= 15 is 0 Å². The molecule has 27 heavy (non-hydrogen) atoms. The number of Topliss-reactive ketones (excluding diaryl/α,β-unsaturated/α-hetero) is 1. The first-order chi connectivity index (χ1) is 13.0. The number of nitrogens with zero attached hydrogens (tertiary/aromatic N) is 2. The molecule has 5 nitrogen and oxygen atoms in total. The molecular weight excluding hydrogens is 358 g/mol. The van der Waals surface area contributed by atoms with E-state index in [1.54, 1.807) is 35.0 Å². The Morgan fingerprint density at radius 3 is 2.56 bits per heavy atom. The second-order valence-electron chi connectivity index (χ2n) is 7.35. The summed E-state index contributed by atoms with van der Waals surface area (Å²) in [7, 11) is 0. The third kappa shape index (κ3) is 3.18. The molecule has 0 saturated heterocycles. The molecule has 0 unspecified atom stereocenters. The van der Waals surface area contributed by atoms with Crippen LogP contribution in [0.4, 0.5) is 11.6 Å². The molecule has 2 aromatic heterocycles. The molecule has 0 atom stereocenters. The fourth-order valence-electron chi connectivity index (χ4n) is 3.70. The minimum atomic E-state index is -0.00691. The van der Waals surface area contributed by atoms with Crippen LogP contribution in [0.3, 0.4) is 0 Å². The van der Waals surface area contributed by atoms with Gasteiger partial charge in [0.1, 0.15) is 4.83 Å². The first-order valence-corrected chi connectivity index (χ1v) is 10.2. The van der Waals surface area contributed by atoms with Crippen molar-refractivity contribution in [3.05, 3.63) is 50.6 Å². The third-order valence-corrected chi connectivity index (χ3v) is 6.27. The molecule has 0 saturated carbocycles. The monoisotopic (exact) mass is 381 g/mol. The summed E-state index contributed by atoms with van der Waals surface area (Å²) in [6.45, 7) is 5.54. The number of carbonyl (C=O) groups is 1. The van der Waals surface area contributed by atoms with E-state index in [2.05, 4.69) is 5.32 Å². The summed E-state index contributed by atoms with van der Waals surface area (Å²) in [5.41, 5.74) is 2.72. The van der Waals surface area contributed by atoms with Crippen LogP contribution in [0.25, 0.3) is 10.2 Å². The Labute approximate surface area is 162 Å². The van der Waals surface area contributed by atoms with Gasteiger partial charge in [-0.1, -0.05) is 0 Å².